The normalized spacial score (nSPS) is 19.2. The molecular formula is C13H26N4O3. The lowest BCUT2D eigenvalue weighted by molar-refractivity contribution is 0.0642. The SMILES string of the molecule is CCC(C(N)=NO)N1CCN(C(=O)OCC(C)C)CC1. The zero-order valence-corrected chi connectivity index (χ0v) is 12.6. The van der Waals surface area contributed by atoms with Gasteiger partial charge in [-0.15, -0.1) is 0 Å². The first-order valence-electron chi connectivity index (χ1n) is 7.12. The molecule has 0 radical (unpaired) electrons. The molecule has 3 N–H and O–H groups in total. The van der Waals surface area contributed by atoms with E-state index in [1.807, 2.05) is 20.8 Å². The highest BCUT2D eigenvalue weighted by molar-refractivity contribution is 5.85. The van der Waals surface area contributed by atoms with Gasteiger partial charge in [0.2, 0.25) is 0 Å². The lowest BCUT2D eigenvalue weighted by Crippen LogP contribution is -2.55. The zero-order chi connectivity index (χ0) is 15.1. The molecular weight excluding hydrogens is 260 g/mol. The van der Waals surface area contributed by atoms with Crippen molar-refractivity contribution in [3.63, 3.8) is 0 Å². The fourth-order valence-corrected chi connectivity index (χ4v) is 2.27. The molecule has 0 bridgehead atoms. The van der Waals surface area contributed by atoms with Crippen molar-refractivity contribution in [2.45, 2.75) is 33.2 Å². The predicted molar refractivity (Wildman–Crippen MR) is 76.8 cm³/mol. The fraction of sp³-hybridized carbons (Fsp3) is 0.846. The Hall–Kier alpha value is -1.50. The molecule has 1 aliphatic heterocycles. The summed E-state index contributed by atoms with van der Waals surface area (Å²) >= 11 is 0. The van der Waals surface area contributed by atoms with Crippen LogP contribution in [0.5, 0.6) is 0 Å². The van der Waals surface area contributed by atoms with Crippen molar-refractivity contribution >= 4 is 11.9 Å². The van der Waals surface area contributed by atoms with Gasteiger partial charge in [0.05, 0.1) is 12.6 Å². The highest BCUT2D eigenvalue weighted by Gasteiger charge is 2.28. The third-order valence-corrected chi connectivity index (χ3v) is 3.40. The van der Waals surface area contributed by atoms with E-state index in [1.165, 1.54) is 0 Å². The smallest absolute Gasteiger partial charge is 0.409 e. The maximum Gasteiger partial charge on any atom is 0.409 e. The number of carbonyl (C=O) groups is 1. The molecule has 1 saturated heterocycles. The summed E-state index contributed by atoms with van der Waals surface area (Å²) in [5.74, 6) is 0.564. The van der Waals surface area contributed by atoms with Crippen molar-refractivity contribution in [2.75, 3.05) is 32.8 Å². The van der Waals surface area contributed by atoms with Crippen LogP contribution in [0.15, 0.2) is 5.16 Å². The van der Waals surface area contributed by atoms with E-state index in [9.17, 15) is 4.79 Å². The number of piperazine rings is 1. The first-order valence-corrected chi connectivity index (χ1v) is 7.12. The molecule has 7 nitrogen and oxygen atoms in total. The van der Waals surface area contributed by atoms with Crippen LogP contribution in [-0.2, 0) is 4.74 Å². The van der Waals surface area contributed by atoms with E-state index < -0.39 is 0 Å². The second-order valence-electron chi connectivity index (χ2n) is 5.44. The Bertz CT molecular complexity index is 339. The summed E-state index contributed by atoms with van der Waals surface area (Å²) < 4.78 is 5.21. The molecule has 0 aromatic carbocycles. The average Bonchev–Trinajstić information content (AvgIpc) is 2.45. The van der Waals surface area contributed by atoms with E-state index in [0.29, 0.717) is 38.7 Å². The minimum atomic E-state index is -0.254. The number of oxime groups is 1. The van der Waals surface area contributed by atoms with Crippen molar-refractivity contribution in [1.29, 1.82) is 0 Å². The van der Waals surface area contributed by atoms with Gasteiger partial charge < -0.3 is 20.6 Å². The summed E-state index contributed by atoms with van der Waals surface area (Å²) in [4.78, 5) is 15.7. The van der Waals surface area contributed by atoms with Gasteiger partial charge in [-0.2, -0.15) is 0 Å². The highest BCUT2D eigenvalue weighted by Crippen LogP contribution is 2.11. The summed E-state index contributed by atoms with van der Waals surface area (Å²) in [5, 5.41) is 11.9. The number of hydrogen-bond donors (Lipinski definition) is 2. The van der Waals surface area contributed by atoms with Crippen LogP contribution in [0.25, 0.3) is 0 Å². The number of carbonyl (C=O) groups excluding carboxylic acids is 1. The molecule has 0 spiro atoms. The number of nitrogens with two attached hydrogens (primary N) is 1. The van der Waals surface area contributed by atoms with Crippen molar-refractivity contribution in [3.05, 3.63) is 0 Å². The molecule has 1 fully saturated rings. The number of amides is 1. The molecule has 1 aliphatic rings. The Morgan fingerprint density at radius 1 is 1.35 bits per heavy atom. The van der Waals surface area contributed by atoms with E-state index in [4.69, 9.17) is 15.7 Å². The third kappa shape index (κ3) is 4.56. The standard InChI is InChI=1S/C13H26N4O3/c1-4-11(12(14)15-19)16-5-7-17(8-6-16)13(18)20-9-10(2)3/h10-11,19H,4-9H2,1-3H3,(H2,14,15). The highest BCUT2D eigenvalue weighted by atomic mass is 16.6. The first kappa shape index (κ1) is 16.6. The Morgan fingerprint density at radius 2 is 1.95 bits per heavy atom. The topological polar surface area (TPSA) is 91.4 Å². The molecule has 1 unspecified atom stereocenters. The number of amidine groups is 1. The second kappa shape index (κ2) is 7.94. The molecule has 116 valence electrons. The summed E-state index contributed by atoms with van der Waals surface area (Å²) in [5.41, 5.74) is 5.69. The van der Waals surface area contributed by atoms with Crippen molar-refractivity contribution < 1.29 is 14.7 Å². The molecule has 1 heterocycles. The Balaban J connectivity index is 2.44. The monoisotopic (exact) mass is 286 g/mol. The van der Waals surface area contributed by atoms with E-state index in [0.717, 1.165) is 6.42 Å². The van der Waals surface area contributed by atoms with Crippen LogP contribution in [0.4, 0.5) is 4.79 Å². The maximum atomic E-state index is 11.8. The zero-order valence-electron chi connectivity index (χ0n) is 12.6. The summed E-state index contributed by atoms with van der Waals surface area (Å²) in [7, 11) is 0. The molecule has 1 rings (SSSR count). The second-order valence-corrected chi connectivity index (χ2v) is 5.44. The van der Waals surface area contributed by atoms with Crippen LogP contribution in [0, 0.1) is 5.92 Å². The van der Waals surface area contributed by atoms with E-state index in [1.54, 1.807) is 4.90 Å². The van der Waals surface area contributed by atoms with Crippen LogP contribution in [0.3, 0.4) is 0 Å². The van der Waals surface area contributed by atoms with E-state index in [2.05, 4.69) is 10.1 Å². The van der Waals surface area contributed by atoms with Crippen LogP contribution in [0.2, 0.25) is 0 Å². The van der Waals surface area contributed by atoms with E-state index in [-0.39, 0.29) is 18.0 Å². The molecule has 20 heavy (non-hydrogen) atoms. The van der Waals surface area contributed by atoms with Gasteiger partial charge in [-0.3, -0.25) is 4.90 Å². The molecule has 1 atom stereocenters. The largest absolute Gasteiger partial charge is 0.449 e. The van der Waals surface area contributed by atoms with Crippen molar-refractivity contribution in [1.82, 2.24) is 9.80 Å². The van der Waals surface area contributed by atoms with Crippen molar-refractivity contribution in [2.24, 2.45) is 16.8 Å². The molecule has 0 aromatic rings. The average molecular weight is 286 g/mol. The van der Waals surface area contributed by atoms with Gasteiger partial charge in [0.25, 0.3) is 0 Å². The maximum absolute atomic E-state index is 11.8. The van der Waals surface area contributed by atoms with Gasteiger partial charge in [0.15, 0.2) is 5.84 Å². The first-order chi connectivity index (χ1) is 9.49. The molecule has 1 amide bonds. The minimum Gasteiger partial charge on any atom is -0.449 e. The lowest BCUT2D eigenvalue weighted by atomic mass is 10.1. The Morgan fingerprint density at radius 3 is 2.40 bits per heavy atom. The van der Waals surface area contributed by atoms with Crippen LogP contribution in [0.1, 0.15) is 27.2 Å². The third-order valence-electron chi connectivity index (χ3n) is 3.40. The van der Waals surface area contributed by atoms with Gasteiger partial charge in [0, 0.05) is 26.2 Å². The number of nitrogens with zero attached hydrogens (tertiary/aromatic N) is 3. The molecule has 0 saturated carbocycles. The number of rotatable bonds is 5. The predicted octanol–water partition coefficient (Wildman–Crippen LogP) is 0.922. The van der Waals surface area contributed by atoms with Gasteiger partial charge in [0.1, 0.15) is 0 Å². The van der Waals surface area contributed by atoms with Crippen LogP contribution >= 0.6 is 0 Å². The van der Waals surface area contributed by atoms with Gasteiger partial charge in [-0.05, 0) is 12.3 Å². The van der Waals surface area contributed by atoms with Crippen LogP contribution < -0.4 is 5.73 Å². The number of hydrogen-bond acceptors (Lipinski definition) is 5. The van der Waals surface area contributed by atoms with Crippen molar-refractivity contribution in [3.8, 4) is 0 Å². The summed E-state index contributed by atoms with van der Waals surface area (Å²) in [6.07, 6.45) is 0.517. The van der Waals surface area contributed by atoms with Gasteiger partial charge >= 0.3 is 6.09 Å². The van der Waals surface area contributed by atoms with Gasteiger partial charge in [-0.25, -0.2) is 4.79 Å². The minimum absolute atomic E-state index is 0.0752. The summed E-state index contributed by atoms with van der Waals surface area (Å²) in [6.45, 7) is 9.06. The van der Waals surface area contributed by atoms with E-state index >= 15 is 0 Å². The Kier molecular flexibility index (Phi) is 6.57. The molecule has 7 heteroatoms. The van der Waals surface area contributed by atoms with Gasteiger partial charge in [-0.1, -0.05) is 25.9 Å². The fourth-order valence-electron chi connectivity index (χ4n) is 2.27. The Labute approximate surface area is 120 Å². The lowest BCUT2D eigenvalue weighted by Gasteiger charge is -2.38. The number of ether oxygens (including phenoxy) is 1. The molecule has 0 aromatic heterocycles. The molecule has 0 aliphatic carbocycles. The summed E-state index contributed by atoms with van der Waals surface area (Å²) in [6, 6.07) is -0.0752. The quantitative estimate of drug-likeness (QED) is 0.339. The van der Waals surface area contributed by atoms with Crippen LogP contribution in [-0.4, -0.2) is 65.8 Å².